The van der Waals surface area contributed by atoms with E-state index in [1.165, 1.54) is 4.68 Å². The Morgan fingerprint density at radius 3 is 2.38 bits per heavy atom. The van der Waals surface area contributed by atoms with E-state index in [1.807, 2.05) is 41.7 Å². The molecule has 0 saturated carbocycles. The van der Waals surface area contributed by atoms with Gasteiger partial charge in [-0.05, 0) is 66.5 Å². The van der Waals surface area contributed by atoms with E-state index in [2.05, 4.69) is 33.9 Å². The van der Waals surface area contributed by atoms with Crippen LogP contribution < -0.4 is 11.0 Å². The van der Waals surface area contributed by atoms with Gasteiger partial charge in [-0.25, -0.2) is 9.69 Å². The number of rotatable bonds is 11. The van der Waals surface area contributed by atoms with Gasteiger partial charge in [-0.1, -0.05) is 13.3 Å². The molecule has 0 fully saturated rings. The van der Waals surface area contributed by atoms with E-state index in [-0.39, 0.29) is 16.9 Å². The molecule has 0 aliphatic heterocycles. The van der Waals surface area contributed by atoms with Crippen molar-refractivity contribution >= 4 is 12.4 Å². The monoisotopic (exact) mass is 473 g/mol. The minimum atomic E-state index is -1.02. The number of nitrogens with zero attached hydrogens (tertiary/aromatic N) is 3. The lowest BCUT2D eigenvalue weighted by atomic mass is 9.96. The van der Waals surface area contributed by atoms with Crippen molar-refractivity contribution < 1.29 is 9.90 Å². The first-order valence-corrected chi connectivity index (χ1v) is 12.1. The molecule has 0 spiro atoms. The molecule has 8 heteroatoms. The van der Waals surface area contributed by atoms with Gasteiger partial charge < -0.3 is 14.5 Å². The SMILES string of the molecule is CCCCNN(C)CCn1c(C)c(C)c(/C=C(\O)C(C=O)c2c(C)[nH]n(C(C)(C)C)c2=O)c1C. The van der Waals surface area contributed by atoms with Gasteiger partial charge in [0.05, 0.1) is 11.1 Å². The predicted molar refractivity (Wildman–Crippen MR) is 138 cm³/mol. The Kier molecular flexibility index (Phi) is 9.14. The number of carbonyl (C=O) groups excluding carboxylic acids is 1. The maximum absolute atomic E-state index is 13.0. The number of aliphatic hydroxyl groups excluding tert-OH is 1. The second-order valence-corrected chi connectivity index (χ2v) is 10.2. The molecule has 0 aromatic carbocycles. The Hall–Kier alpha value is -2.58. The average molecular weight is 474 g/mol. The third kappa shape index (κ3) is 5.91. The number of H-pyrrole nitrogens is 1. The Bertz CT molecular complexity index is 1080. The summed E-state index contributed by atoms with van der Waals surface area (Å²) in [4.78, 5) is 25.1. The molecule has 0 aliphatic rings. The molecule has 0 radical (unpaired) electrons. The number of hydrogen-bond acceptors (Lipinski definition) is 5. The van der Waals surface area contributed by atoms with Gasteiger partial charge in [0.1, 0.15) is 18.0 Å². The van der Waals surface area contributed by atoms with E-state index in [0.29, 0.717) is 12.0 Å². The lowest BCUT2D eigenvalue weighted by Crippen LogP contribution is -2.37. The summed E-state index contributed by atoms with van der Waals surface area (Å²) in [6, 6.07) is 0. The number of aryl methyl sites for hydroxylation is 1. The van der Waals surface area contributed by atoms with Gasteiger partial charge in [-0.3, -0.25) is 15.3 Å². The second kappa shape index (κ2) is 11.2. The molecule has 8 nitrogen and oxygen atoms in total. The summed E-state index contributed by atoms with van der Waals surface area (Å²) < 4.78 is 3.74. The predicted octanol–water partition coefficient (Wildman–Crippen LogP) is 4.08. The molecule has 0 saturated heterocycles. The molecule has 0 amide bonds. The van der Waals surface area contributed by atoms with Crippen molar-refractivity contribution in [3.05, 3.63) is 49.9 Å². The molecule has 1 unspecified atom stereocenters. The summed E-state index contributed by atoms with van der Waals surface area (Å²) in [6.45, 7) is 18.4. The van der Waals surface area contributed by atoms with Crippen LogP contribution in [0.5, 0.6) is 0 Å². The molecule has 3 N–H and O–H groups in total. The van der Waals surface area contributed by atoms with Gasteiger partial charge in [-0.15, -0.1) is 0 Å². The van der Waals surface area contributed by atoms with Crippen LogP contribution in [0.25, 0.3) is 6.08 Å². The molecule has 2 aromatic heterocycles. The number of allylic oxidation sites excluding steroid dienone is 1. The van der Waals surface area contributed by atoms with Crippen LogP contribution in [0.15, 0.2) is 10.6 Å². The fraction of sp³-hybridized carbons (Fsp3) is 0.615. The zero-order valence-corrected chi connectivity index (χ0v) is 22.4. The summed E-state index contributed by atoms with van der Waals surface area (Å²) in [5.74, 6) is -1.15. The Balaban J connectivity index is 2.36. The van der Waals surface area contributed by atoms with Crippen molar-refractivity contribution in [2.24, 2.45) is 0 Å². The largest absolute Gasteiger partial charge is 0.511 e. The van der Waals surface area contributed by atoms with Crippen LogP contribution in [0.1, 0.15) is 80.2 Å². The number of hydrazine groups is 1. The quantitative estimate of drug-likeness (QED) is 0.198. The minimum absolute atomic E-state index is 0.128. The Morgan fingerprint density at radius 1 is 1.21 bits per heavy atom. The van der Waals surface area contributed by atoms with Gasteiger partial charge >= 0.3 is 0 Å². The van der Waals surface area contributed by atoms with Crippen LogP contribution in [0.4, 0.5) is 0 Å². The topological polar surface area (TPSA) is 95.3 Å². The Labute approximate surface area is 203 Å². The lowest BCUT2D eigenvalue weighted by Gasteiger charge is -2.19. The van der Waals surface area contributed by atoms with Crippen molar-refractivity contribution in [1.29, 1.82) is 0 Å². The van der Waals surface area contributed by atoms with E-state index in [9.17, 15) is 14.7 Å². The summed E-state index contributed by atoms with van der Waals surface area (Å²) in [6.07, 6.45) is 4.58. The fourth-order valence-corrected chi connectivity index (χ4v) is 4.31. The van der Waals surface area contributed by atoms with Crippen LogP contribution in [0, 0.1) is 27.7 Å². The van der Waals surface area contributed by atoms with E-state index >= 15 is 0 Å². The smallest absolute Gasteiger partial charge is 0.271 e. The van der Waals surface area contributed by atoms with E-state index in [0.717, 1.165) is 55.0 Å². The molecule has 2 rings (SSSR count). The van der Waals surface area contributed by atoms with E-state index in [4.69, 9.17) is 0 Å². The molecular formula is C26H43N5O3. The molecule has 2 aromatic rings. The van der Waals surface area contributed by atoms with Gasteiger partial charge in [0.15, 0.2) is 0 Å². The number of aromatic nitrogens is 3. The lowest BCUT2D eigenvalue weighted by molar-refractivity contribution is -0.108. The average Bonchev–Trinajstić information content (AvgIpc) is 3.16. The van der Waals surface area contributed by atoms with Gasteiger partial charge in [0.2, 0.25) is 0 Å². The molecule has 1 atom stereocenters. The molecular weight excluding hydrogens is 430 g/mol. The number of hydrogen-bond donors (Lipinski definition) is 3. The summed E-state index contributed by atoms with van der Waals surface area (Å²) in [7, 11) is 2.04. The van der Waals surface area contributed by atoms with E-state index in [1.54, 1.807) is 13.0 Å². The number of unbranched alkanes of at least 4 members (excludes halogenated alkanes) is 1. The normalized spacial score (nSPS) is 13.6. The van der Waals surface area contributed by atoms with Crippen LogP contribution in [-0.4, -0.2) is 50.9 Å². The second-order valence-electron chi connectivity index (χ2n) is 10.2. The van der Waals surface area contributed by atoms with E-state index < -0.39 is 11.5 Å². The number of aliphatic hydroxyl groups is 1. The minimum Gasteiger partial charge on any atom is -0.511 e. The molecule has 0 aliphatic carbocycles. The number of likely N-dealkylation sites (N-methyl/N-ethyl adjacent to an activating group) is 1. The van der Waals surface area contributed by atoms with Gasteiger partial charge in [-0.2, -0.15) is 0 Å². The standard InChI is InChI=1S/C26H43N5O3/c1-10-11-12-27-29(9)13-14-30-19(4)17(2)21(20(30)5)15-23(33)22(16-32)24-18(3)28-31(25(24)34)26(6,7)8/h15-16,22,27-28,33H,10-14H2,1-9H3/b23-15-. The third-order valence-corrected chi connectivity index (χ3v) is 6.56. The maximum Gasteiger partial charge on any atom is 0.271 e. The van der Waals surface area contributed by atoms with Crippen molar-refractivity contribution in [1.82, 2.24) is 24.8 Å². The zero-order chi connectivity index (χ0) is 25.8. The summed E-state index contributed by atoms with van der Waals surface area (Å²) in [5, 5.41) is 16.2. The van der Waals surface area contributed by atoms with Crippen LogP contribution in [0.3, 0.4) is 0 Å². The van der Waals surface area contributed by atoms with Gasteiger partial charge in [0.25, 0.3) is 5.56 Å². The Morgan fingerprint density at radius 2 is 1.85 bits per heavy atom. The summed E-state index contributed by atoms with van der Waals surface area (Å²) >= 11 is 0. The number of aldehydes is 1. The highest BCUT2D eigenvalue weighted by atomic mass is 16.3. The van der Waals surface area contributed by atoms with Crippen molar-refractivity contribution in [3.63, 3.8) is 0 Å². The van der Waals surface area contributed by atoms with Crippen molar-refractivity contribution in [3.8, 4) is 0 Å². The van der Waals surface area contributed by atoms with Crippen LogP contribution in [-0.2, 0) is 16.9 Å². The first kappa shape index (κ1) is 27.7. The number of aromatic amines is 1. The first-order chi connectivity index (χ1) is 15.8. The molecule has 0 bridgehead atoms. The number of nitrogens with one attached hydrogen (secondary N) is 2. The molecule has 190 valence electrons. The highest BCUT2D eigenvalue weighted by Gasteiger charge is 2.28. The first-order valence-electron chi connectivity index (χ1n) is 12.1. The maximum atomic E-state index is 13.0. The highest BCUT2D eigenvalue weighted by Crippen LogP contribution is 2.28. The van der Waals surface area contributed by atoms with Crippen LogP contribution >= 0.6 is 0 Å². The van der Waals surface area contributed by atoms with Gasteiger partial charge in [0, 0.05) is 49.3 Å². The van der Waals surface area contributed by atoms with Crippen molar-refractivity contribution in [2.45, 2.75) is 86.2 Å². The third-order valence-electron chi connectivity index (χ3n) is 6.56. The molecule has 34 heavy (non-hydrogen) atoms. The summed E-state index contributed by atoms with van der Waals surface area (Å²) in [5.41, 5.74) is 7.58. The zero-order valence-electron chi connectivity index (χ0n) is 22.4. The van der Waals surface area contributed by atoms with Crippen molar-refractivity contribution in [2.75, 3.05) is 20.1 Å². The fourth-order valence-electron chi connectivity index (χ4n) is 4.31. The van der Waals surface area contributed by atoms with Crippen LogP contribution in [0.2, 0.25) is 0 Å². The molecule has 2 heterocycles. The highest BCUT2D eigenvalue weighted by molar-refractivity contribution is 5.72. The number of carbonyl (C=O) groups is 1.